The zero-order valence-corrected chi connectivity index (χ0v) is 10.2. The molecule has 1 aromatic carbocycles. The highest BCUT2D eigenvalue weighted by Gasteiger charge is 2.03. The Balaban J connectivity index is 2.47. The first-order chi connectivity index (χ1) is 7.61. The van der Waals surface area contributed by atoms with E-state index in [4.69, 9.17) is 11.0 Å². The summed E-state index contributed by atoms with van der Waals surface area (Å²) in [5.74, 6) is 1.18. The number of nitriles is 1. The zero-order valence-electron chi connectivity index (χ0n) is 9.35. The van der Waals surface area contributed by atoms with Crippen molar-refractivity contribution in [2.75, 3.05) is 5.75 Å². The largest absolute Gasteiger partial charge is 0.328 e. The van der Waals surface area contributed by atoms with Crippen LogP contribution in [0.5, 0.6) is 0 Å². The fraction of sp³-hybridized carbons (Fsp3) is 0.417. The highest BCUT2D eigenvalue weighted by atomic mass is 32.2. The first kappa shape index (κ1) is 12.9. The van der Waals surface area contributed by atoms with Crippen LogP contribution in [0.1, 0.15) is 24.5 Å². The highest BCUT2D eigenvalue weighted by molar-refractivity contribution is 7.84. The van der Waals surface area contributed by atoms with E-state index in [9.17, 15) is 4.21 Å². The van der Waals surface area contributed by atoms with Crippen LogP contribution in [0, 0.1) is 11.3 Å². The van der Waals surface area contributed by atoms with Gasteiger partial charge in [0.1, 0.15) is 0 Å². The van der Waals surface area contributed by atoms with Gasteiger partial charge in [-0.25, -0.2) is 0 Å². The molecule has 2 atom stereocenters. The number of benzene rings is 1. The Morgan fingerprint density at radius 2 is 2.06 bits per heavy atom. The van der Waals surface area contributed by atoms with E-state index in [0.717, 1.165) is 12.0 Å². The van der Waals surface area contributed by atoms with Crippen LogP contribution in [-0.4, -0.2) is 16.0 Å². The summed E-state index contributed by atoms with van der Waals surface area (Å²) in [6.07, 6.45) is 0.781. The molecule has 0 saturated carbocycles. The van der Waals surface area contributed by atoms with Gasteiger partial charge in [0.05, 0.1) is 11.6 Å². The molecule has 0 radical (unpaired) electrons. The van der Waals surface area contributed by atoms with Gasteiger partial charge in [-0.2, -0.15) is 5.26 Å². The molecule has 16 heavy (non-hydrogen) atoms. The molecule has 0 aliphatic heterocycles. The van der Waals surface area contributed by atoms with Crippen molar-refractivity contribution in [2.24, 2.45) is 5.73 Å². The molecular formula is C12H16N2OS. The Kier molecular flexibility index (Phi) is 5.17. The van der Waals surface area contributed by atoms with Crippen molar-refractivity contribution in [3.63, 3.8) is 0 Å². The molecule has 0 amide bonds. The van der Waals surface area contributed by atoms with Crippen LogP contribution in [0.25, 0.3) is 0 Å². The summed E-state index contributed by atoms with van der Waals surface area (Å²) >= 11 is 0. The molecule has 0 fully saturated rings. The van der Waals surface area contributed by atoms with E-state index in [1.807, 2.05) is 19.1 Å². The van der Waals surface area contributed by atoms with Gasteiger partial charge >= 0.3 is 0 Å². The molecule has 0 spiro atoms. The van der Waals surface area contributed by atoms with E-state index in [1.165, 1.54) is 0 Å². The molecule has 2 unspecified atom stereocenters. The second kappa shape index (κ2) is 6.41. The minimum atomic E-state index is -0.863. The van der Waals surface area contributed by atoms with Crippen LogP contribution in [0.2, 0.25) is 0 Å². The van der Waals surface area contributed by atoms with Gasteiger partial charge in [0.2, 0.25) is 0 Å². The molecular weight excluding hydrogens is 220 g/mol. The van der Waals surface area contributed by atoms with Gasteiger partial charge in [0.15, 0.2) is 0 Å². The van der Waals surface area contributed by atoms with Gasteiger partial charge in [0, 0.05) is 28.3 Å². The lowest BCUT2D eigenvalue weighted by molar-refractivity contribution is 0.667. The van der Waals surface area contributed by atoms with E-state index in [1.54, 1.807) is 12.1 Å². The molecule has 1 rings (SSSR count). The van der Waals surface area contributed by atoms with Gasteiger partial charge < -0.3 is 5.73 Å². The Morgan fingerprint density at radius 3 is 2.56 bits per heavy atom. The van der Waals surface area contributed by atoms with Crippen molar-refractivity contribution in [1.29, 1.82) is 5.26 Å². The number of hydrogen-bond donors (Lipinski definition) is 1. The minimum absolute atomic E-state index is 0.102. The van der Waals surface area contributed by atoms with Crippen LogP contribution < -0.4 is 5.73 Å². The van der Waals surface area contributed by atoms with Crippen LogP contribution in [-0.2, 0) is 16.6 Å². The molecule has 0 aromatic heterocycles. The zero-order chi connectivity index (χ0) is 12.0. The summed E-state index contributed by atoms with van der Waals surface area (Å²) in [5.41, 5.74) is 7.23. The second-order valence-corrected chi connectivity index (χ2v) is 5.44. The molecule has 0 aliphatic rings. The van der Waals surface area contributed by atoms with Crippen LogP contribution in [0.4, 0.5) is 0 Å². The number of nitrogens with zero attached hydrogens (tertiary/aromatic N) is 1. The van der Waals surface area contributed by atoms with Gasteiger partial charge in [-0.15, -0.1) is 0 Å². The first-order valence-electron chi connectivity index (χ1n) is 5.21. The average Bonchev–Trinajstić information content (AvgIpc) is 2.27. The fourth-order valence-corrected chi connectivity index (χ4v) is 2.59. The normalized spacial score (nSPS) is 14.1. The van der Waals surface area contributed by atoms with E-state index in [2.05, 4.69) is 6.07 Å². The summed E-state index contributed by atoms with van der Waals surface area (Å²) in [4.78, 5) is 0. The summed E-state index contributed by atoms with van der Waals surface area (Å²) in [7, 11) is -0.863. The standard InChI is InChI=1S/C12H16N2OS/c1-10(14)6-7-16(15)9-12-4-2-11(8-13)3-5-12/h2-5,10H,6-7,9,14H2,1H3. The predicted octanol–water partition coefficient (Wildman–Crippen LogP) is 1.54. The summed E-state index contributed by atoms with van der Waals surface area (Å²) in [5, 5.41) is 8.63. The topological polar surface area (TPSA) is 66.9 Å². The molecule has 0 saturated heterocycles. The Hall–Kier alpha value is -1.18. The number of hydrogen-bond acceptors (Lipinski definition) is 3. The van der Waals surface area contributed by atoms with Gasteiger partial charge in [-0.3, -0.25) is 4.21 Å². The lowest BCUT2D eigenvalue weighted by Crippen LogP contribution is -2.18. The van der Waals surface area contributed by atoms with E-state index in [-0.39, 0.29) is 6.04 Å². The molecule has 3 nitrogen and oxygen atoms in total. The first-order valence-corrected chi connectivity index (χ1v) is 6.70. The summed E-state index contributed by atoms with van der Waals surface area (Å²) in [6.45, 7) is 1.92. The minimum Gasteiger partial charge on any atom is -0.328 e. The maximum absolute atomic E-state index is 11.7. The number of nitrogens with two attached hydrogens (primary N) is 1. The fourth-order valence-electron chi connectivity index (χ4n) is 1.25. The van der Waals surface area contributed by atoms with Crippen LogP contribution in [0.15, 0.2) is 24.3 Å². The van der Waals surface area contributed by atoms with Gasteiger partial charge in [-0.1, -0.05) is 12.1 Å². The lowest BCUT2D eigenvalue weighted by Gasteiger charge is -2.05. The average molecular weight is 236 g/mol. The van der Waals surface area contributed by atoms with Crippen molar-refractivity contribution in [2.45, 2.75) is 25.1 Å². The van der Waals surface area contributed by atoms with Gasteiger partial charge in [-0.05, 0) is 31.0 Å². The molecule has 86 valence electrons. The maximum Gasteiger partial charge on any atom is 0.0991 e. The van der Waals surface area contributed by atoms with Crippen molar-refractivity contribution < 1.29 is 4.21 Å². The van der Waals surface area contributed by atoms with E-state index < -0.39 is 10.8 Å². The molecule has 0 heterocycles. The van der Waals surface area contributed by atoms with E-state index >= 15 is 0 Å². The maximum atomic E-state index is 11.7. The third-order valence-corrected chi connectivity index (χ3v) is 3.56. The van der Waals surface area contributed by atoms with Crippen molar-refractivity contribution in [3.8, 4) is 6.07 Å². The SMILES string of the molecule is CC(N)CCS(=O)Cc1ccc(C#N)cc1. The Labute approximate surface area is 98.7 Å². The monoisotopic (exact) mass is 236 g/mol. The van der Waals surface area contributed by atoms with E-state index in [0.29, 0.717) is 17.1 Å². The van der Waals surface area contributed by atoms with Crippen LogP contribution >= 0.6 is 0 Å². The van der Waals surface area contributed by atoms with Crippen LogP contribution in [0.3, 0.4) is 0 Å². The van der Waals surface area contributed by atoms with Crippen molar-refractivity contribution in [3.05, 3.63) is 35.4 Å². The third kappa shape index (κ3) is 4.56. The van der Waals surface area contributed by atoms with Crippen molar-refractivity contribution >= 4 is 10.8 Å². The third-order valence-electron chi connectivity index (χ3n) is 2.21. The predicted molar refractivity (Wildman–Crippen MR) is 66.1 cm³/mol. The summed E-state index contributed by atoms with van der Waals surface area (Å²) in [6, 6.07) is 9.35. The number of rotatable bonds is 5. The summed E-state index contributed by atoms with van der Waals surface area (Å²) < 4.78 is 11.7. The molecule has 0 aliphatic carbocycles. The quantitative estimate of drug-likeness (QED) is 0.843. The Bertz CT molecular complexity index is 392. The Morgan fingerprint density at radius 1 is 1.44 bits per heavy atom. The van der Waals surface area contributed by atoms with Crippen molar-refractivity contribution in [1.82, 2.24) is 0 Å². The molecule has 2 N–H and O–H groups in total. The molecule has 1 aromatic rings. The smallest absolute Gasteiger partial charge is 0.0991 e. The van der Waals surface area contributed by atoms with Gasteiger partial charge in [0.25, 0.3) is 0 Å². The highest BCUT2D eigenvalue weighted by Crippen LogP contribution is 2.07. The lowest BCUT2D eigenvalue weighted by atomic mass is 10.2. The molecule has 4 heteroatoms. The molecule has 0 bridgehead atoms. The second-order valence-electron chi connectivity index (χ2n) is 3.86.